The van der Waals surface area contributed by atoms with E-state index in [0.717, 1.165) is 25.7 Å². The Morgan fingerprint density at radius 1 is 1.07 bits per heavy atom. The van der Waals surface area contributed by atoms with E-state index in [-0.39, 0.29) is 11.9 Å². The van der Waals surface area contributed by atoms with Crippen LogP contribution < -0.4 is 16.0 Å². The van der Waals surface area contributed by atoms with Gasteiger partial charge in [-0.05, 0) is 37.1 Å². The molecule has 150 valence electrons. The number of hydrogen-bond acceptors (Lipinski definition) is 6. The molecule has 29 heavy (non-hydrogen) atoms. The van der Waals surface area contributed by atoms with Crippen molar-refractivity contribution < 1.29 is 14.1 Å². The fourth-order valence-corrected chi connectivity index (χ4v) is 4.27. The smallest absolute Gasteiger partial charge is 0.324 e. The van der Waals surface area contributed by atoms with Crippen LogP contribution in [-0.2, 0) is 5.54 Å². The van der Waals surface area contributed by atoms with Gasteiger partial charge < -0.3 is 15.2 Å². The van der Waals surface area contributed by atoms with Gasteiger partial charge in [0.1, 0.15) is 5.54 Å². The first-order chi connectivity index (χ1) is 14.0. The van der Waals surface area contributed by atoms with Crippen molar-refractivity contribution in [3.05, 3.63) is 59.1 Å². The topological polar surface area (TPSA) is 109 Å². The quantitative estimate of drug-likeness (QED) is 0.580. The van der Waals surface area contributed by atoms with Crippen molar-refractivity contribution in [3.63, 3.8) is 0 Å². The largest absolute Gasteiger partial charge is 0.340 e. The summed E-state index contributed by atoms with van der Waals surface area (Å²) in [5, 5.41) is 13.2. The van der Waals surface area contributed by atoms with Crippen molar-refractivity contribution in [2.45, 2.75) is 38.1 Å². The van der Waals surface area contributed by atoms with Gasteiger partial charge >= 0.3 is 6.03 Å². The van der Waals surface area contributed by atoms with Crippen LogP contribution in [0.2, 0.25) is 0 Å². The number of anilines is 2. The third kappa shape index (κ3) is 4.29. The Hall–Kier alpha value is -3.20. The number of urea groups is 1. The van der Waals surface area contributed by atoms with Gasteiger partial charge in [-0.3, -0.25) is 10.1 Å². The minimum Gasteiger partial charge on any atom is -0.340 e. The Kier molecular flexibility index (Phi) is 5.30. The Morgan fingerprint density at radius 2 is 1.83 bits per heavy atom. The summed E-state index contributed by atoms with van der Waals surface area (Å²) in [6.45, 7) is 1.73. The van der Waals surface area contributed by atoms with Crippen molar-refractivity contribution in [2.75, 3.05) is 10.6 Å². The Bertz CT molecular complexity index is 1010. The number of nitrogens with zero attached hydrogens (tertiary/aromatic N) is 2. The summed E-state index contributed by atoms with van der Waals surface area (Å²) in [5.41, 5.74) is 0.0926. The van der Waals surface area contributed by atoms with Crippen LogP contribution in [-0.4, -0.2) is 22.1 Å². The molecule has 1 aromatic carbocycles. The molecule has 1 saturated carbocycles. The highest BCUT2D eigenvalue weighted by Crippen LogP contribution is 2.38. The molecule has 3 N–H and O–H groups in total. The van der Waals surface area contributed by atoms with Crippen molar-refractivity contribution >= 4 is 34.0 Å². The number of amides is 3. The fourth-order valence-electron chi connectivity index (χ4n) is 3.48. The zero-order valence-corrected chi connectivity index (χ0v) is 16.7. The molecule has 1 aliphatic rings. The number of aromatic nitrogens is 2. The molecule has 8 nitrogen and oxygen atoms in total. The van der Waals surface area contributed by atoms with Crippen LogP contribution in [0.3, 0.4) is 0 Å². The van der Waals surface area contributed by atoms with Crippen molar-refractivity contribution in [2.24, 2.45) is 0 Å². The van der Waals surface area contributed by atoms with E-state index in [1.54, 1.807) is 31.2 Å². The summed E-state index contributed by atoms with van der Waals surface area (Å²) < 4.78 is 5.12. The van der Waals surface area contributed by atoms with E-state index >= 15 is 0 Å². The van der Waals surface area contributed by atoms with Crippen LogP contribution in [0.15, 0.2) is 47.0 Å². The molecule has 1 fully saturated rings. The number of nitrogens with one attached hydrogen (secondary N) is 3. The number of carbonyl (C=O) groups excluding carboxylic acids is 2. The number of benzene rings is 1. The molecule has 0 aliphatic heterocycles. The Balaban J connectivity index is 1.42. The first-order valence-electron chi connectivity index (χ1n) is 9.40. The Labute approximate surface area is 171 Å². The highest BCUT2D eigenvalue weighted by Gasteiger charge is 2.41. The minimum atomic E-state index is -0.600. The molecule has 1 aliphatic carbocycles. The second-order valence-electron chi connectivity index (χ2n) is 6.99. The maximum atomic E-state index is 12.9. The van der Waals surface area contributed by atoms with Crippen LogP contribution in [0.25, 0.3) is 0 Å². The van der Waals surface area contributed by atoms with Crippen LogP contribution in [0.4, 0.5) is 15.5 Å². The zero-order valence-electron chi connectivity index (χ0n) is 15.9. The van der Waals surface area contributed by atoms with Gasteiger partial charge in [0, 0.05) is 12.6 Å². The summed E-state index contributed by atoms with van der Waals surface area (Å²) in [4.78, 5) is 29.8. The summed E-state index contributed by atoms with van der Waals surface area (Å²) in [6.07, 6.45) is 3.52. The van der Waals surface area contributed by atoms with Crippen LogP contribution in [0.5, 0.6) is 0 Å². The second kappa shape index (κ2) is 8.04. The molecule has 2 heterocycles. The van der Waals surface area contributed by atoms with Crippen LogP contribution >= 0.6 is 11.3 Å². The monoisotopic (exact) mass is 411 g/mol. The van der Waals surface area contributed by atoms with Gasteiger partial charge in [0.15, 0.2) is 5.82 Å². The summed E-state index contributed by atoms with van der Waals surface area (Å²) in [6, 6.07) is 12.2. The normalized spacial score (nSPS) is 15.1. The van der Waals surface area contributed by atoms with E-state index in [0.29, 0.717) is 27.3 Å². The van der Waals surface area contributed by atoms with Crippen molar-refractivity contribution in [3.8, 4) is 0 Å². The van der Waals surface area contributed by atoms with Gasteiger partial charge in [-0.15, -0.1) is 11.3 Å². The number of hydrogen-bond donors (Lipinski definition) is 3. The number of thiophene rings is 1. The van der Waals surface area contributed by atoms with Crippen molar-refractivity contribution in [1.29, 1.82) is 0 Å². The molecule has 0 saturated heterocycles. The predicted molar refractivity (Wildman–Crippen MR) is 110 cm³/mol. The average Bonchev–Trinajstić information content (AvgIpc) is 3.44. The van der Waals surface area contributed by atoms with Crippen LogP contribution in [0.1, 0.15) is 47.1 Å². The number of aryl methyl sites for hydroxylation is 1. The van der Waals surface area contributed by atoms with Gasteiger partial charge in [-0.1, -0.05) is 36.2 Å². The maximum absolute atomic E-state index is 12.9. The lowest BCUT2D eigenvalue weighted by Gasteiger charge is -2.26. The third-order valence-electron chi connectivity index (χ3n) is 4.86. The van der Waals surface area contributed by atoms with E-state index in [9.17, 15) is 9.59 Å². The molecule has 9 heteroatoms. The Morgan fingerprint density at radius 3 is 2.52 bits per heavy atom. The second-order valence-corrected chi connectivity index (χ2v) is 8.07. The van der Waals surface area contributed by atoms with Crippen LogP contribution in [0, 0.1) is 6.92 Å². The first-order valence-corrected chi connectivity index (χ1v) is 10.2. The predicted octanol–water partition coefficient (Wildman–Crippen LogP) is 4.28. The van der Waals surface area contributed by atoms with Gasteiger partial charge in [0.05, 0.1) is 9.88 Å². The third-order valence-corrected chi connectivity index (χ3v) is 5.86. The molecule has 3 aromatic rings. The maximum Gasteiger partial charge on any atom is 0.324 e. The van der Waals surface area contributed by atoms with Gasteiger partial charge in [0.2, 0.25) is 5.89 Å². The van der Waals surface area contributed by atoms with E-state index < -0.39 is 5.54 Å². The van der Waals surface area contributed by atoms with E-state index in [1.165, 1.54) is 11.3 Å². The lowest BCUT2D eigenvalue weighted by molar-refractivity contribution is 0.0896. The number of carbonyl (C=O) groups is 2. The molecule has 2 aromatic heterocycles. The zero-order chi connectivity index (χ0) is 20.3. The highest BCUT2D eigenvalue weighted by atomic mass is 32.1. The summed E-state index contributed by atoms with van der Waals surface area (Å²) in [7, 11) is 0. The molecular weight excluding hydrogens is 390 g/mol. The van der Waals surface area contributed by atoms with Gasteiger partial charge in [-0.25, -0.2) is 4.79 Å². The molecule has 0 unspecified atom stereocenters. The lowest BCUT2D eigenvalue weighted by Crippen LogP contribution is -2.44. The SMILES string of the molecule is Cc1nc(C2(NC(=O)c3ccc(NC(=O)Nc4ccccc4)s3)CCCC2)no1. The molecule has 3 amide bonds. The molecule has 0 atom stereocenters. The summed E-state index contributed by atoms with van der Waals surface area (Å²) in [5.74, 6) is 0.793. The first kappa shape index (κ1) is 19.1. The minimum absolute atomic E-state index is 0.212. The lowest BCUT2D eigenvalue weighted by atomic mass is 9.96. The van der Waals surface area contributed by atoms with Gasteiger partial charge in [0.25, 0.3) is 5.91 Å². The fraction of sp³-hybridized carbons (Fsp3) is 0.300. The van der Waals surface area contributed by atoms with Gasteiger partial charge in [-0.2, -0.15) is 4.98 Å². The standard InChI is InChI=1S/C20H21N5O3S/c1-13-21-18(25-28-13)20(11-5-6-12-20)24-17(26)15-9-10-16(29-15)23-19(27)22-14-7-3-2-4-8-14/h2-4,7-10H,5-6,11-12H2,1H3,(H,24,26)(H2,22,23,27). The molecular formula is C20H21N5O3S. The molecule has 0 bridgehead atoms. The highest BCUT2D eigenvalue weighted by molar-refractivity contribution is 7.18. The van der Waals surface area contributed by atoms with E-state index in [2.05, 4.69) is 26.1 Å². The molecule has 0 spiro atoms. The van der Waals surface area contributed by atoms with E-state index in [1.807, 2.05) is 18.2 Å². The summed E-state index contributed by atoms with van der Waals surface area (Å²) >= 11 is 1.21. The molecule has 4 rings (SSSR count). The number of rotatable bonds is 5. The van der Waals surface area contributed by atoms with Crippen molar-refractivity contribution in [1.82, 2.24) is 15.5 Å². The molecule has 0 radical (unpaired) electrons. The van der Waals surface area contributed by atoms with E-state index in [4.69, 9.17) is 4.52 Å². The average molecular weight is 411 g/mol. The number of para-hydroxylation sites is 1.